The van der Waals surface area contributed by atoms with Crippen LogP contribution in [0, 0.1) is 0 Å². The van der Waals surface area contributed by atoms with Crippen LogP contribution in [0.3, 0.4) is 0 Å². The molecule has 0 spiro atoms. The lowest BCUT2D eigenvalue weighted by Gasteiger charge is -2.36. The Bertz CT molecular complexity index is 633. The van der Waals surface area contributed by atoms with Crippen molar-refractivity contribution in [2.75, 3.05) is 52.4 Å². The Morgan fingerprint density at radius 3 is 2.38 bits per heavy atom. The number of carbonyl (C=O) groups is 2. The van der Waals surface area contributed by atoms with E-state index in [1.807, 2.05) is 6.26 Å². The lowest BCUT2D eigenvalue weighted by atomic mass is 10.1. The van der Waals surface area contributed by atoms with E-state index in [1.165, 1.54) is 7.11 Å². The van der Waals surface area contributed by atoms with Crippen LogP contribution >= 0.6 is 11.8 Å². The van der Waals surface area contributed by atoms with Gasteiger partial charge in [0.25, 0.3) is 5.91 Å². The third-order valence-corrected chi connectivity index (χ3v) is 5.11. The summed E-state index contributed by atoms with van der Waals surface area (Å²) >= 11 is 1.68. The van der Waals surface area contributed by atoms with Crippen molar-refractivity contribution in [2.24, 2.45) is 5.73 Å². The Kier molecular flexibility index (Phi) is 7.59. The van der Waals surface area contributed by atoms with Crippen LogP contribution in [0.4, 0.5) is 0 Å². The van der Waals surface area contributed by atoms with Gasteiger partial charge in [-0.1, -0.05) is 0 Å². The molecule has 1 saturated heterocycles. The van der Waals surface area contributed by atoms with Gasteiger partial charge in [-0.2, -0.15) is 11.8 Å². The molecular weight excluding hydrogens is 354 g/mol. The largest absolute Gasteiger partial charge is 0.497 e. The maximum Gasteiger partial charge on any atom is 0.257 e. The first-order valence-corrected chi connectivity index (χ1v) is 9.95. The molecule has 1 aliphatic heterocycles. The van der Waals surface area contributed by atoms with Gasteiger partial charge < -0.3 is 25.0 Å². The van der Waals surface area contributed by atoms with Gasteiger partial charge in [0.2, 0.25) is 5.91 Å². The first-order chi connectivity index (χ1) is 12.5. The number of hydrogen-bond donors (Lipinski definition) is 1. The minimum Gasteiger partial charge on any atom is -0.497 e. The lowest BCUT2D eigenvalue weighted by molar-refractivity contribution is -0.134. The molecule has 1 fully saturated rings. The molecule has 8 heteroatoms. The highest BCUT2D eigenvalue weighted by atomic mass is 32.2. The van der Waals surface area contributed by atoms with E-state index < -0.39 is 6.04 Å². The SMILES string of the molecule is COc1ccc(C(=O)N2CCN(C(=O)[C@@H](N)CCSC)CC2)c(OC)c1. The molecule has 0 aromatic heterocycles. The van der Waals surface area contributed by atoms with Crippen LogP contribution in [-0.4, -0.2) is 80.1 Å². The number of nitrogens with zero attached hydrogens (tertiary/aromatic N) is 2. The van der Waals surface area contributed by atoms with Gasteiger partial charge in [-0.25, -0.2) is 0 Å². The Balaban J connectivity index is 1.97. The van der Waals surface area contributed by atoms with Gasteiger partial charge >= 0.3 is 0 Å². The maximum absolute atomic E-state index is 12.8. The van der Waals surface area contributed by atoms with Gasteiger partial charge in [0, 0.05) is 32.2 Å². The summed E-state index contributed by atoms with van der Waals surface area (Å²) in [5, 5.41) is 0. The van der Waals surface area contributed by atoms with Gasteiger partial charge in [0.05, 0.1) is 25.8 Å². The van der Waals surface area contributed by atoms with Gasteiger partial charge in [-0.3, -0.25) is 9.59 Å². The molecule has 0 aliphatic carbocycles. The van der Waals surface area contributed by atoms with Gasteiger partial charge in [-0.15, -0.1) is 0 Å². The number of piperazine rings is 1. The van der Waals surface area contributed by atoms with Crippen LogP contribution in [0.5, 0.6) is 11.5 Å². The molecular formula is C18H27N3O4S. The number of methoxy groups -OCH3 is 2. The summed E-state index contributed by atoms with van der Waals surface area (Å²) in [7, 11) is 3.09. The highest BCUT2D eigenvalue weighted by Gasteiger charge is 2.28. The summed E-state index contributed by atoms with van der Waals surface area (Å²) in [4.78, 5) is 28.7. The van der Waals surface area contributed by atoms with Crippen molar-refractivity contribution in [3.8, 4) is 11.5 Å². The Morgan fingerprint density at radius 1 is 1.15 bits per heavy atom. The van der Waals surface area contributed by atoms with Gasteiger partial charge in [0.1, 0.15) is 11.5 Å². The molecule has 2 rings (SSSR count). The minimum absolute atomic E-state index is 0.0341. The summed E-state index contributed by atoms with van der Waals surface area (Å²) in [5.74, 6) is 1.83. The highest BCUT2D eigenvalue weighted by molar-refractivity contribution is 7.98. The molecule has 1 aromatic carbocycles. The molecule has 0 saturated carbocycles. The summed E-state index contributed by atoms with van der Waals surface area (Å²) in [6, 6.07) is 4.67. The van der Waals surface area contributed by atoms with Crippen molar-refractivity contribution in [2.45, 2.75) is 12.5 Å². The van der Waals surface area contributed by atoms with Crippen LogP contribution in [-0.2, 0) is 4.79 Å². The first kappa shape index (κ1) is 20.4. The number of thioether (sulfide) groups is 1. The van der Waals surface area contributed by atoms with E-state index in [0.29, 0.717) is 49.7 Å². The van der Waals surface area contributed by atoms with E-state index in [1.54, 1.807) is 46.9 Å². The van der Waals surface area contributed by atoms with Crippen LogP contribution in [0.2, 0.25) is 0 Å². The normalized spacial score (nSPS) is 15.5. The smallest absolute Gasteiger partial charge is 0.257 e. The Labute approximate surface area is 158 Å². The van der Waals surface area contributed by atoms with Crippen LogP contribution in [0.15, 0.2) is 18.2 Å². The molecule has 1 heterocycles. The number of benzene rings is 1. The van der Waals surface area contributed by atoms with Crippen LogP contribution < -0.4 is 15.2 Å². The monoisotopic (exact) mass is 381 g/mol. The number of ether oxygens (including phenoxy) is 2. The van der Waals surface area contributed by atoms with Crippen molar-refractivity contribution in [1.29, 1.82) is 0 Å². The zero-order chi connectivity index (χ0) is 19.1. The van der Waals surface area contributed by atoms with E-state index in [9.17, 15) is 9.59 Å². The standard InChI is InChI=1S/C18H27N3O4S/c1-24-13-4-5-14(16(12-13)25-2)17(22)20-7-9-21(10-8-20)18(23)15(19)6-11-26-3/h4-5,12,15H,6-11,19H2,1-3H3/t15-/m0/s1. The molecule has 0 radical (unpaired) electrons. The minimum atomic E-state index is -0.466. The predicted molar refractivity (Wildman–Crippen MR) is 103 cm³/mol. The van der Waals surface area contributed by atoms with E-state index in [4.69, 9.17) is 15.2 Å². The number of carbonyl (C=O) groups excluding carboxylic acids is 2. The molecule has 0 unspecified atom stereocenters. The molecule has 1 aromatic rings. The first-order valence-electron chi connectivity index (χ1n) is 8.56. The fourth-order valence-corrected chi connectivity index (χ4v) is 3.37. The molecule has 144 valence electrons. The van der Waals surface area contributed by atoms with Crippen molar-refractivity contribution < 1.29 is 19.1 Å². The third-order valence-electron chi connectivity index (χ3n) is 4.47. The van der Waals surface area contributed by atoms with Crippen LogP contribution in [0.1, 0.15) is 16.8 Å². The molecule has 2 N–H and O–H groups in total. The van der Waals surface area contributed by atoms with Crippen molar-refractivity contribution in [3.05, 3.63) is 23.8 Å². The molecule has 7 nitrogen and oxygen atoms in total. The topological polar surface area (TPSA) is 85.1 Å². The average molecular weight is 381 g/mol. The van der Waals surface area contributed by atoms with E-state index in [-0.39, 0.29) is 11.8 Å². The fraction of sp³-hybridized carbons (Fsp3) is 0.556. The fourth-order valence-electron chi connectivity index (χ4n) is 2.88. The number of amides is 2. The highest BCUT2D eigenvalue weighted by Crippen LogP contribution is 2.26. The summed E-state index contributed by atoms with van der Waals surface area (Å²) in [6.45, 7) is 1.95. The Hall–Kier alpha value is -1.93. The lowest BCUT2D eigenvalue weighted by Crippen LogP contribution is -2.54. The second-order valence-corrected chi connectivity index (χ2v) is 7.06. The number of hydrogen-bond acceptors (Lipinski definition) is 6. The number of nitrogens with two attached hydrogens (primary N) is 1. The van der Waals surface area contributed by atoms with Crippen molar-refractivity contribution in [3.63, 3.8) is 0 Å². The summed E-state index contributed by atoms with van der Waals surface area (Å²) in [5.41, 5.74) is 6.46. The van der Waals surface area contributed by atoms with E-state index in [0.717, 1.165) is 5.75 Å². The maximum atomic E-state index is 12.8. The number of rotatable bonds is 7. The van der Waals surface area contributed by atoms with Gasteiger partial charge in [-0.05, 0) is 30.6 Å². The summed E-state index contributed by atoms with van der Waals surface area (Å²) in [6.07, 6.45) is 2.66. The molecule has 1 atom stereocenters. The quantitative estimate of drug-likeness (QED) is 0.760. The molecule has 2 amide bonds. The Morgan fingerprint density at radius 2 is 1.81 bits per heavy atom. The zero-order valence-electron chi connectivity index (χ0n) is 15.6. The molecule has 1 aliphatic rings. The van der Waals surface area contributed by atoms with Crippen molar-refractivity contribution >= 4 is 23.6 Å². The summed E-state index contributed by atoms with van der Waals surface area (Å²) < 4.78 is 10.5. The third kappa shape index (κ3) is 4.82. The molecule has 26 heavy (non-hydrogen) atoms. The average Bonchev–Trinajstić information content (AvgIpc) is 2.70. The zero-order valence-corrected chi connectivity index (χ0v) is 16.4. The second kappa shape index (κ2) is 9.68. The predicted octanol–water partition coefficient (Wildman–Crippen LogP) is 1.07. The second-order valence-electron chi connectivity index (χ2n) is 6.07. The molecule has 0 bridgehead atoms. The van der Waals surface area contributed by atoms with E-state index in [2.05, 4.69) is 0 Å². The van der Waals surface area contributed by atoms with Crippen molar-refractivity contribution in [1.82, 2.24) is 9.80 Å². The van der Waals surface area contributed by atoms with E-state index >= 15 is 0 Å². The van der Waals surface area contributed by atoms with Gasteiger partial charge in [0.15, 0.2) is 0 Å². The van der Waals surface area contributed by atoms with Crippen LogP contribution in [0.25, 0.3) is 0 Å².